The Labute approximate surface area is 129 Å². The Kier molecular flexibility index (Phi) is 4.97. The molecule has 1 atom stereocenters. The molecule has 7 nitrogen and oxygen atoms in total. The highest BCUT2D eigenvalue weighted by Gasteiger charge is 2.45. The van der Waals surface area contributed by atoms with Crippen molar-refractivity contribution >= 4 is 11.8 Å². The fraction of sp³-hybridized carbons (Fsp3) is 0.533. The van der Waals surface area contributed by atoms with E-state index in [1.807, 2.05) is 0 Å². The molecule has 0 spiro atoms. The first-order chi connectivity index (χ1) is 10.5. The first-order valence-corrected chi connectivity index (χ1v) is 7.12. The molecule has 1 aromatic heterocycles. The number of nitrogens with two attached hydrogens (primary N) is 1. The molecule has 1 aliphatic heterocycles. The van der Waals surface area contributed by atoms with E-state index >= 15 is 0 Å². The fourth-order valence-corrected chi connectivity index (χ4v) is 3.04. The van der Waals surface area contributed by atoms with Crippen LogP contribution in [0, 0.1) is 0 Å². The van der Waals surface area contributed by atoms with Gasteiger partial charge in [0.1, 0.15) is 0 Å². The van der Waals surface area contributed by atoms with Gasteiger partial charge in [0.15, 0.2) is 0 Å². The van der Waals surface area contributed by atoms with Crippen LogP contribution in [0.2, 0.25) is 0 Å². The molecular formula is C15H21N3O4. The summed E-state index contributed by atoms with van der Waals surface area (Å²) in [5, 5.41) is 0. The summed E-state index contributed by atoms with van der Waals surface area (Å²) in [4.78, 5) is 29.9. The normalized spacial score (nSPS) is 20.9. The van der Waals surface area contributed by atoms with Gasteiger partial charge in [-0.05, 0) is 18.9 Å². The lowest BCUT2D eigenvalue weighted by Crippen LogP contribution is -2.52. The summed E-state index contributed by atoms with van der Waals surface area (Å²) >= 11 is 0. The van der Waals surface area contributed by atoms with Crippen LogP contribution in [0.4, 0.5) is 0 Å². The van der Waals surface area contributed by atoms with E-state index in [-0.39, 0.29) is 18.9 Å². The van der Waals surface area contributed by atoms with Crippen molar-refractivity contribution < 1.29 is 19.1 Å². The lowest BCUT2D eigenvalue weighted by Gasteiger charge is -2.37. The standard InChI is InChI=1S/C15H21N3O4/c1-21-10-15(9-12(16)19)5-3-7-18(15)14(20)11-4-6-17-13(8-11)22-2/h4,6,8H,3,5,7,9-10H2,1-2H3,(H2,16,19)/t15-/m0/s1. The molecule has 7 heteroatoms. The van der Waals surface area contributed by atoms with E-state index < -0.39 is 11.4 Å². The number of methoxy groups -OCH3 is 2. The molecule has 1 fully saturated rings. The number of rotatable bonds is 6. The largest absolute Gasteiger partial charge is 0.481 e. The molecule has 0 unspecified atom stereocenters. The van der Waals surface area contributed by atoms with Crippen LogP contribution < -0.4 is 10.5 Å². The van der Waals surface area contributed by atoms with Crippen LogP contribution in [0.5, 0.6) is 5.88 Å². The molecule has 1 aliphatic rings. The minimum atomic E-state index is -0.672. The number of carbonyl (C=O) groups excluding carboxylic acids is 2. The number of amides is 2. The average Bonchev–Trinajstić information content (AvgIpc) is 2.89. The lowest BCUT2D eigenvalue weighted by atomic mass is 9.92. The van der Waals surface area contributed by atoms with Crippen molar-refractivity contribution in [2.45, 2.75) is 24.8 Å². The van der Waals surface area contributed by atoms with Crippen molar-refractivity contribution in [3.8, 4) is 5.88 Å². The summed E-state index contributed by atoms with van der Waals surface area (Å²) in [6.07, 6.45) is 3.12. The van der Waals surface area contributed by atoms with Gasteiger partial charge in [-0.2, -0.15) is 0 Å². The van der Waals surface area contributed by atoms with E-state index in [2.05, 4.69) is 4.98 Å². The summed E-state index contributed by atoms with van der Waals surface area (Å²) in [5.74, 6) is -0.238. The van der Waals surface area contributed by atoms with E-state index in [1.165, 1.54) is 13.3 Å². The van der Waals surface area contributed by atoms with Crippen LogP contribution in [-0.2, 0) is 9.53 Å². The Balaban J connectivity index is 2.30. The molecule has 0 aromatic carbocycles. The second-order valence-corrected chi connectivity index (χ2v) is 5.45. The maximum absolute atomic E-state index is 12.8. The number of pyridine rings is 1. The summed E-state index contributed by atoms with van der Waals surface area (Å²) in [6.45, 7) is 0.851. The lowest BCUT2D eigenvalue weighted by molar-refractivity contribution is -0.121. The van der Waals surface area contributed by atoms with E-state index in [1.54, 1.807) is 24.1 Å². The zero-order chi connectivity index (χ0) is 16.2. The molecular weight excluding hydrogens is 286 g/mol. The zero-order valence-corrected chi connectivity index (χ0v) is 12.9. The maximum atomic E-state index is 12.8. The van der Waals surface area contributed by atoms with Gasteiger partial charge >= 0.3 is 0 Å². The topological polar surface area (TPSA) is 94.8 Å². The average molecular weight is 307 g/mol. The van der Waals surface area contributed by atoms with Crippen LogP contribution in [0.25, 0.3) is 0 Å². The molecule has 1 saturated heterocycles. The predicted molar refractivity (Wildman–Crippen MR) is 79.5 cm³/mol. The summed E-state index contributed by atoms with van der Waals surface area (Å²) in [6, 6.07) is 3.22. The van der Waals surface area contributed by atoms with Gasteiger partial charge in [0.25, 0.3) is 5.91 Å². The SMILES string of the molecule is COC[C@@]1(CC(N)=O)CCCN1C(=O)c1ccnc(OC)c1. The monoisotopic (exact) mass is 307 g/mol. The summed E-state index contributed by atoms with van der Waals surface area (Å²) in [5.41, 5.74) is 5.17. The van der Waals surface area contributed by atoms with E-state index in [0.29, 0.717) is 24.4 Å². The highest BCUT2D eigenvalue weighted by atomic mass is 16.5. The maximum Gasteiger partial charge on any atom is 0.254 e. The van der Waals surface area contributed by atoms with Crippen molar-refractivity contribution in [2.75, 3.05) is 27.4 Å². The van der Waals surface area contributed by atoms with Crippen LogP contribution in [0.1, 0.15) is 29.6 Å². The first-order valence-electron chi connectivity index (χ1n) is 7.12. The quantitative estimate of drug-likeness (QED) is 0.830. The molecule has 22 heavy (non-hydrogen) atoms. The third kappa shape index (κ3) is 3.19. The number of hydrogen-bond donors (Lipinski definition) is 1. The van der Waals surface area contributed by atoms with Gasteiger partial charge in [-0.15, -0.1) is 0 Å². The van der Waals surface area contributed by atoms with Crippen LogP contribution in [0.15, 0.2) is 18.3 Å². The number of primary amides is 1. The number of nitrogens with zero attached hydrogens (tertiary/aromatic N) is 2. The molecule has 2 N–H and O–H groups in total. The van der Waals surface area contributed by atoms with E-state index in [9.17, 15) is 9.59 Å². The Bertz CT molecular complexity index is 563. The van der Waals surface area contributed by atoms with Gasteiger partial charge in [0.05, 0.1) is 25.7 Å². The molecule has 120 valence electrons. The Morgan fingerprint density at radius 2 is 2.23 bits per heavy atom. The van der Waals surface area contributed by atoms with Crippen molar-refractivity contribution in [2.24, 2.45) is 5.73 Å². The second-order valence-electron chi connectivity index (χ2n) is 5.45. The molecule has 0 bridgehead atoms. The Morgan fingerprint density at radius 1 is 1.45 bits per heavy atom. The molecule has 0 saturated carbocycles. The Morgan fingerprint density at radius 3 is 2.86 bits per heavy atom. The van der Waals surface area contributed by atoms with Crippen molar-refractivity contribution in [3.05, 3.63) is 23.9 Å². The van der Waals surface area contributed by atoms with Gasteiger partial charge in [0, 0.05) is 31.5 Å². The number of hydrogen-bond acceptors (Lipinski definition) is 5. The second kappa shape index (κ2) is 6.74. The van der Waals surface area contributed by atoms with Gasteiger partial charge in [-0.25, -0.2) is 4.98 Å². The van der Waals surface area contributed by atoms with Gasteiger partial charge in [-0.1, -0.05) is 0 Å². The predicted octanol–water partition coefficient (Wildman–Crippen LogP) is 0.587. The molecule has 2 heterocycles. The van der Waals surface area contributed by atoms with Gasteiger partial charge < -0.3 is 20.1 Å². The van der Waals surface area contributed by atoms with Crippen molar-refractivity contribution in [1.29, 1.82) is 0 Å². The van der Waals surface area contributed by atoms with Gasteiger partial charge in [-0.3, -0.25) is 9.59 Å². The smallest absolute Gasteiger partial charge is 0.254 e. The molecule has 1 aromatic rings. The van der Waals surface area contributed by atoms with Crippen LogP contribution in [-0.4, -0.2) is 54.6 Å². The highest BCUT2D eigenvalue weighted by molar-refractivity contribution is 5.95. The summed E-state index contributed by atoms with van der Waals surface area (Å²) < 4.78 is 10.3. The number of aromatic nitrogens is 1. The van der Waals surface area contributed by atoms with Crippen molar-refractivity contribution in [3.63, 3.8) is 0 Å². The third-order valence-electron chi connectivity index (χ3n) is 3.95. The van der Waals surface area contributed by atoms with Crippen molar-refractivity contribution in [1.82, 2.24) is 9.88 Å². The highest BCUT2D eigenvalue weighted by Crippen LogP contribution is 2.34. The van der Waals surface area contributed by atoms with Crippen LogP contribution in [0.3, 0.4) is 0 Å². The minimum absolute atomic E-state index is 0.0921. The molecule has 0 aliphatic carbocycles. The molecule has 2 rings (SSSR count). The van der Waals surface area contributed by atoms with E-state index in [0.717, 1.165) is 6.42 Å². The number of carbonyl (C=O) groups is 2. The molecule has 2 amide bonds. The molecule has 0 radical (unpaired) electrons. The first kappa shape index (κ1) is 16.2. The van der Waals surface area contributed by atoms with Crippen LogP contribution >= 0.6 is 0 Å². The summed E-state index contributed by atoms with van der Waals surface area (Å²) in [7, 11) is 3.05. The zero-order valence-electron chi connectivity index (χ0n) is 12.9. The Hall–Kier alpha value is -2.15. The third-order valence-corrected chi connectivity index (χ3v) is 3.95. The van der Waals surface area contributed by atoms with E-state index in [4.69, 9.17) is 15.2 Å². The van der Waals surface area contributed by atoms with Gasteiger partial charge in [0.2, 0.25) is 11.8 Å². The minimum Gasteiger partial charge on any atom is -0.481 e. The number of likely N-dealkylation sites (tertiary alicyclic amines) is 1. The number of ether oxygens (including phenoxy) is 2. The fourth-order valence-electron chi connectivity index (χ4n) is 3.04.